The Labute approximate surface area is 113 Å². The van der Waals surface area contributed by atoms with E-state index in [-0.39, 0.29) is 5.82 Å². The average molecular weight is 261 g/mol. The van der Waals surface area contributed by atoms with Crippen LogP contribution in [0, 0.1) is 5.82 Å². The lowest BCUT2D eigenvalue weighted by molar-refractivity contribution is 0.337. The van der Waals surface area contributed by atoms with Crippen LogP contribution in [0.3, 0.4) is 0 Å². The van der Waals surface area contributed by atoms with E-state index < -0.39 is 0 Å². The number of aromatic nitrogens is 1. The third-order valence-electron chi connectivity index (χ3n) is 3.22. The van der Waals surface area contributed by atoms with E-state index >= 15 is 0 Å². The minimum Gasteiger partial charge on any atom is -0.350 e. The van der Waals surface area contributed by atoms with E-state index in [2.05, 4.69) is 15.5 Å². The van der Waals surface area contributed by atoms with Gasteiger partial charge in [-0.25, -0.2) is 4.39 Å². The van der Waals surface area contributed by atoms with Crippen molar-refractivity contribution in [3.05, 3.63) is 47.9 Å². The van der Waals surface area contributed by atoms with Gasteiger partial charge in [0.2, 0.25) is 0 Å². The summed E-state index contributed by atoms with van der Waals surface area (Å²) in [6.07, 6.45) is 2.03. The second kappa shape index (κ2) is 5.99. The van der Waals surface area contributed by atoms with Gasteiger partial charge >= 0.3 is 0 Å². The van der Waals surface area contributed by atoms with Crippen LogP contribution in [0.1, 0.15) is 5.56 Å². The van der Waals surface area contributed by atoms with Crippen molar-refractivity contribution in [2.45, 2.75) is 6.54 Å². The summed E-state index contributed by atoms with van der Waals surface area (Å²) in [4.78, 5) is 2.18. The predicted molar refractivity (Wildman–Crippen MR) is 76.2 cm³/mol. The monoisotopic (exact) mass is 261 g/mol. The number of hydrogen-bond acceptors (Lipinski definition) is 2. The van der Waals surface area contributed by atoms with Crippen LogP contribution in [0.4, 0.5) is 4.39 Å². The SMILES string of the molecule is CN(CCN)Cc1ccn(C)c1-c1ccc(F)cc1. The van der Waals surface area contributed by atoms with Crippen molar-refractivity contribution in [1.29, 1.82) is 0 Å². The van der Waals surface area contributed by atoms with Crippen molar-refractivity contribution in [3.63, 3.8) is 0 Å². The van der Waals surface area contributed by atoms with E-state index in [4.69, 9.17) is 5.73 Å². The summed E-state index contributed by atoms with van der Waals surface area (Å²) >= 11 is 0. The number of rotatable bonds is 5. The second-order valence-electron chi connectivity index (χ2n) is 4.83. The molecule has 4 heteroatoms. The van der Waals surface area contributed by atoms with Gasteiger partial charge in [0.1, 0.15) is 5.82 Å². The molecule has 0 atom stereocenters. The summed E-state index contributed by atoms with van der Waals surface area (Å²) in [5.74, 6) is -0.209. The number of benzene rings is 1. The molecular formula is C15H20FN3. The van der Waals surface area contributed by atoms with Crippen molar-refractivity contribution < 1.29 is 4.39 Å². The molecule has 0 amide bonds. The largest absolute Gasteiger partial charge is 0.350 e. The molecule has 102 valence electrons. The van der Waals surface area contributed by atoms with Gasteiger partial charge in [0.05, 0.1) is 5.69 Å². The van der Waals surface area contributed by atoms with Crippen molar-refractivity contribution in [1.82, 2.24) is 9.47 Å². The summed E-state index contributed by atoms with van der Waals surface area (Å²) in [7, 11) is 4.05. The normalized spacial score (nSPS) is 11.2. The molecule has 0 radical (unpaired) electrons. The molecule has 3 nitrogen and oxygen atoms in total. The molecule has 0 aliphatic carbocycles. The molecule has 2 N–H and O–H groups in total. The summed E-state index contributed by atoms with van der Waals surface area (Å²) < 4.78 is 15.1. The predicted octanol–water partition coefficient (Wildman–Crippen LogP) is 2.22. The van der Waals surface area contributed by atoms with Crippen molar-refractivity contribution in [2.24, 2.45) is 12.8 Å². The molecule has 0 bridgehead atoms. The van der Waals surface area contributed by atoms with Crippen molar-refractivity contribution in [3.8, 4) is 11.3 Å². The lowest BCUT2D eigenvalue weighted by Crippen LogP contribution is -2.25. The highest BCUT2D eigenvalue weighted by molar-refractivity contribution is 5.64. The Bertz CT molecular complexity index is 531. The van der Waals surface area contributed by atoms with Gasteiger partial charge in [0.25, 0.3) is 0 Å². The molecule has 0 saturated heterocycles. The fraction of sp³-hybridized carbons (Fsp3) is 0.333. The van der Waals surface area contributed by atoms with Gasteiger partial charge in [-0.1, -0.05) is 0 Å². The van der Waals surface area contributed by atoms with Crippen molar-refractivity contribution >= 4 is 0 Å². The zero-order valence-electron chi connectivity index (χ0n) is 11.4. The highest BCUT2D eigenvalue weighted by Crippen LogP contribution is 2.25. The Hall–Kier alpha value is -1.65. The van der Waals surface area contributed by atoms with Gasteiger partial charge in [-0.2, -0.15) is 0 Å². The minimum atomic E-state index is -0.209. The fourth-order valence-electron chi connectivity index (χ4n) is 2.30. The number of likely N-dealkylation sites (N-methyl/N-ethyl adjacent to an activating group) is 1. The minimum absolute atomic E-state index is 0.209. The van der Waals surface area contributed by atoms with E-state index in [1.54, 1.807) is 0 Å². The maximum atomic E-state index is 13.0. The third-order valence-corrected chi connectivity index (χ3v) is 3.22. The van der Waals surface area contributed by atoms with Gasteiger partial charge in [-0.05, 0) is 48.5 Å². The maximum Gasteiger partial charge on any atom is 0.123 e. The van der Waals surface area contributed by atoms with Crippen LogP contribution in [0.15, 0.2) is 36.5 Å². The smallest absolute Gasteiger partial charge is 0.123 e. The van der Waals surface area contributed by atoms with Gasteiger partial charge < -0.3 is 15.2 Å². The Morgan fingerprint density at radius 1 is 1.21 bits per heavy atom. The first-order valence-corrected chi connectivity index (χ1v) is 6.40. The Kier molecular flexibility index (Phi) is 4.35. The fourth-order valence-corrected chi connectivity index (χ4v) is 2.30. The molecule has 2 aromatic rings. The topological polar surface area (TPSA) is 34.2 Å². The quantitative estimate of drug-likeness (QED) is 0.895. The molecule has 0 aliphatic rings. The van der Waals surface area contributed by atoms with E-state index in [0.29, 0.717) is 6.54 Å². The number of nitrogens with zero attached hydrogens (tertiary/aromatic N) is 2. The molecule has 19 heavy (non-hydrogen) atoms. The highest BCUT2D eigenvalue weighted by atomic mass is 19.1. The Balaban J connectivity index is 2.29. The molecule has 0 saturated carbocycles. The molecule has 2 rings (SSSR count). The number of aryl methyl sites for hydroxylation is 1. The highest BCUT2D eigenvalue weighted by Gasteiger charge is 2.11. The van der Waals surface area contributed by atoms with E-state index in [9.17, 15) is 4.39 Å². The van der Waals surface area contributed by atoms with Crippen LogP contribution in [0.25, 0.3) is 11.3 Å². The lowest BCUT2D eigenvalue weighted by atomic mass is 10.1. The van der Waals surface area contributed by atoms with Gasteiger partial charge in [-0.3, -0.25) is 0 Å². The van der Waals surface area contributed by atoms with Crippen LogP contribution >= 0.6 is 0 Å². The van der Waals surface area contributed by atoms with Crippen LogP contribution in [-0.2, 0) is 13.6 Å². The van der Waals surface area contributed by atoms with Crippen LogP contribution < -0.4 is 5.73 Å². The lowest BCUT2D eigenvalue weighted by Gasteiger charge is -2.16. The van der Waals surface area contributed by atoms with E-state index in [0.717, 1.165) is 24.3 Å². The molecular weight excluding hydrogens is 241 g/mol. The molecule has 0 unspecified atom stereocenters. The van der Waals surface area contributed by atoms with Gasteiger partial charge in [-0.15, -0.1) is 0 Å². The first-order chi connectivity index (χ1) is 9.11. The zero-order valence-corrected chi connectivity index (χ0v) is 11.4. The number of halogens is 1. The van der Waals surface area contributed by atoms with Crippen LogP contribution in [0.5, 0.6) is 0 Å². The first-order valence-electron chi connectivity index (χ1n) is 6.40. The number of nitrogens with two attached hydrogens (primary N) is 1. The van der Waals surface area contributed by atoms with Crippen molar-refractivity contribution in [2.75, 3.05) is 20.1 Å². The molecule has 1 aromatic carbocycles. The molecule has 0 fully saturated rings. The van der Waals surface area contributed by atoms with Crippen LogP contribution in [0.2, 0.25) is 0 Å². The summed E-state index contributed by atoms with van der Waals surface area (Å²) in [5.41, 5.74) is 8.95. The van der Waals surface area contributed by atoms with Gasteiger partial charge in [0, 0.05) is 32.9 Å². The summed E-state index contributed by atoms with van der Waals surface area (Å²) in [6, 6.07) is 8.73. The second-order valence-corrected chi connectivity index (χ2v) is 4.83. The van der Waals surface area contributed by atoms with Crippen LogP contribution in [-0.4, -0.2) is 29.6 Å². The third kappa shape index (κ3) is 3.22. The molecule has 1 heterocycles. The van der Waals surface area contributed by atoms with E-state index in [1.807, 2.05) is 32.4 Å². The Morgan fingerprint density at radius 2 is 1.89 bits per heavy atom. The van der Waals surface area contributed by atoms with E-state index in [1.165, 1.54) is 17.7 Å². The first kappa shape index (κ1) is 13.8. The zero-order chi connectivity index (χ0) is 13.8. The molecule has 1 aromatic heterocycles. The maximum absolute atomic E-state index is 13.0. The molecule has 0 aliphatic heterocycles. The standard InChI is InChI=1S/C15H20FN3/c1-18(10-8-17)11-13-7-9-19(2)15(13)12-3-5-14(16)6-4-12/h3-7,9H,8,10-11,17H2,1-2H3. The summed E-state index contributed by atoms with van der Waals surface area (Å²) in [5, 5.41) is 0. The number of hydrogen-bond donors (Lipinski definition) is 1. The van der Waals surface area contributed by atoms with Gasteiger partial charge in [0.15, 0.2) is 0 Å². The average Bonchev–Trinajstić information content (AvgIpc) is 2.72. The molecule has 0 spiro atoms. The summed E-state index contributed by atoms with van der Waals surface area (Å²) in [6.45, 7) is 2.34. The Morgan fingerprint density at radius 3 is 2.53 bits per heavy atom.